The molecule has 2 heterocycles. The lowest BCUT2D eigenvalue weighted by molar-refractivity contribution is 0.967. The van der Waals surface area contributed by atoms with Crippen molar-refractivity contribution in [3.05, 3.63) is 241 Å². The zero-order valence-corrected chi connectivity index (χ0v) is 36.8. The first-order valence-corrected chi connectivity index (χ1v) is 23.4. The second kappa shape index (κ2) is 16.8. The first kappa shape index (κ1) is 38.9. The topological polar surface area (TPSA) is 14.7 Å². The second-order valence-electron chi connectivity index (χ2n) is 16.8. The summed E-state index contributed by atoms with van der Waals surface area (Å²) < 4.78 is 2.46. The molecular formula is C60H46N4S. The van der Waals surface area contributed by atoms with Crippen molar-refractivity contribution in [2.24, 2.45) is 0 Å². The Bertz CT molecular complexity index is 3240. The molecule has 3 aliphatic rings. The quantitative estimate of drug-likeness (QED) is 0.144. The summed E-state index contributed by atoms with van der Waals surface area (Å²) in [5.41, 5.74) is 18.0. The third-order valence-electron chi connectivity index (χ3n) is 12.8. The Morgan fingerprint density at radius 1 is 0.431 bits per heavy atom. The summed E-state index contributed by atoms with van der Waals surface area (Å²) in [7, 11) is 0. The lowest BCUT2D eigenvalue weighted by atomic mass is 9.97. The molecule has 12 rings (SSSR count). The predicted octanol–water partition coefficient (Wildman–Crippen LogP) is 17.0. The van der Waals surface area contributed by atoms with Gasteiger partial charge >= 0.3 is 0 Å². The SMILES string of the molecule is C1=CC(N(c2ccccc2)c2ccc(-n3c4c(c5cc(-c6ccc7c(c6)Sc6ccccc6N7c6ccc(N(c7ccccc7)c7ccccc7)cc6)ccc53)CCC=C4)cc2)=CCC1. The minimum Gasteiger partial charge on any atom is -0.311 e. The van der Waals surface area contributed by atoms with Crippen LogP contribution in [0, 0.1) is 0 Å². The molecule has 8 aromatic carbocycles. The highest BCUT2D eigenvalue weighted by atomic mass is 32.2. The monoisotopic (exact) mass is 854 g/mol. The Balaban J connectivity index is 0.891. The molecule has 0 fully saturated rings. The van der Waals surface area contributed by atoms with E-state index in [-0.39, 0.29) is 0 Å². The van der Waals surface area contributed by atoms with Crippen LogP contribution in [0.1, 0.15) is 30.5 Å². The summed E-state index contributed by atoms with van der Waals surface area (Å²) in [6, 6.07) is 72.9. The smallest absolute Gasteiger partial charge is 0.0602 e. The maximum Gasteiger partial charge on any atom is 0.0602 e. The molecule has 0 saturated carbocycles. The van der Waals surface area contributed by atoms with E-state index in [0.29, 0.717) is 0 Å². The van der Waals surface area contributed by atoms with E-state index < -0.39 is 0 Å². The number of rotatable bonds is 9. The van der Waals surface area contributed by atoms with Crippen molar-refractivity contribution in [3.8, 4) is 16.8 Å². The van der Waals surface area contributed by atoms with Gasteiger partial charge in [-0.15, -0.1) is 0 Å². The first-order chi connectivity index (χ1) is 32.2. The van der Waals surface area contributed by atoms with Crippen molar-refractivity contribution in [2.45, 2.75) is 35.5 Å². The highest BCUT2D eigenvalue weighted by Gasteiger charge is 2.26. The summed E-state index contributed by atoms with van der Waals surface area (Å²) in [5, 5.41) is 1.33. The summed E-state index contributed by atoms with van der Waals surface area (Å²) in [4.78, 5) is 9.59. The van der Waals surface area contributed by atoms with Crippen LogP contribution in [0.5, 0.6) is 0 Å². The molecule has 0 atom stereocenters. The average molecular weight is 855 g/mol. The van der Waals surface area contributed by atoms with Crippen molar-refractivity contribution in [1.82, 2.24) is 4.57 Å². The van der Waals surface area contributed by atoms with Crippen LogP contribution in [0.4, 0.5) is 45.5 Å². The fourth-order valence-corrected chi connectivity index (χ4v) is 10.9. The fraction of sp³-hybridized carbons (Fsp3) is 0.0667. The number of allylic oxidation sites excluding steroid dienone is 4. The van der Waals surface area contributed by atoms with E-state index in [2.05, 4.69) is 250 Å². The minimum atomic E-state index is 1.03. The maximum absolute atomic E-state index is 2.46. The largest absolute Gasteiger partial charge is 0.311 e. The van der Waals surface area contributed by atoms with Crippen LogP contribution in [-0.2, 0) is 6.42 Å². The number of para-hydroxylation sites is 4. The summed E-state index contributed by atoms with van der Waals surface area (Å²) >= 11 is 1.86. The highest BCUT2D eigenvalue weighted by molar-refractivity contribution is 7.99. The van der Waals surface area contributed by atoms with Crippen LogP contribution in [0.15, 0.2) is 240 Å². The number of nitrogens with zero attached hydrogens (tertiary/aromatic N) is 4. The number of anilines is 8. The van der Waals surface area contributed by atoms with Crippen molar-refractivity contribution < 1.29 is 0 Å². The standard InChI is InChI=1S/C60H46N4S/c1-5-17-45(18-6-1)61(46-19-7-2-8-20-46)49-31-35-51(36-32-49)63-55-26-14-13-25-53(55)54-41-43(29-39-56(54)63)44-30-40-58-60(42-44)65-59-28-16-15-27-57(59)64(58)52-37-33-50(34-38-52)62(47-21-9-3-10-22-47)48-23-11-4-12-24-48/h1,3-7,9-12,14-24,26-42H,2,8,13,25H2. The normalized spacial score (nSPS) is 13.8. The molecule has 0 saturated heterocycles. The average Bonchev–Trinajstić information content (AvgIpc) is 3.71. The molecule has 4 nitrogen and oxygen atoms in total. The van der Waals surface area contributed by atoms with Gasteiger partial charge in [0.05, 0.1) is 16.9 Å². The molecule has 0 N–H and O–H groups in total. The zero-order valence-electron chi connectivity index (χ0n) is 36.0. The molecule has 0 radical (unpaired) electrons. The van der Waals surface area contributed by atoms with Gasteiger partial charge in [-0.25, -0.2) is 0 Å². The molecule has 0 unspecified atom stereocenters. The van der Waals surface area contributed by atoms with E-state index >= 15 is 0 Å². The zero-order chi connectivity index (χ0) is 43.1. The molecule has 2 aliphatic carbocycles. The van der Waals surface area contributed by atoms with Gasteiger partial charge < -0.3 is 19.3 Å². The highest BCUT2D eigenvalue weighted by Crippen LogP contribution is 2.53. The molecule has 312 valence electrons. The lowest BCUT2D eigenvalue weighted by Gasteiger charge is -2.33. The molecule has 0 bridgehead atoms. The molecule has 65 heavy (non-hydrogen) atoms. The first-order valence-electron chi connectivity index (χ1n) is 22.6. The number of fused-ring (bicyclic) bond motifs is 5. The van der Waals surface area contributed by atoms with Crippen LogP contribution in [0.25, 0.3) is 33.8 Å². The van der Waals surface area contributed by atoms with Gasteiger partial charge in [-0.3, -0.25) is 0 Å². The van der Waals surface area contributed by atoms with Crippen molar-refractivity contribution in [1.29, 1.82) is 0 Å². The Labute approximate surface area is 385 Å². The van der Waals surface area contributed by atoms with Crippen LogP contribution in [-0.4, -0.2) is 4.57 Å². The third-order valence-corrected chi connectivity index (χ3v) is 13.9. The minimum absolute atomic E-state index is 1.03. The van der Waals surface area contributed by atoms with Gasteiger partial charge in [0, 0.05) is 66.4 Å². The fourth-order valence-electron chi connectivity index (χ4n) is 9.80. The van der Waals surface area contributed by atoms with Gasteiger partial charge in [0.15, 0.2) is 0 Å². The van der Waals surface area contributed by atoms with Crippen LogP contribution < -0.4 is 14.7 Å². The van der Waals surface area contributed by atoms with Gasteiger partial charge in [0.25, 0.3) is 0 Å². The molecule has 0 amide bonds. The Hall–Kier alpha value is -7.73. The number of hydrogen-bond donors (Lipinski definition) is 0. The van der Waals surface area contributed by atoms with E-state index in [4.69, 9.17) is 0 Å². The Morgan fingerprint density at radius 3 is 1.69 bits per heavy atom. The maximum atomic E-state index is 2.46. The Morgan fingerprint density at radius 2 is 1.00 bits per heavy atom. The lowest BCUT2D eigenvalue weighted by Crippen LogP contribution is -2.16. The molecule has 5 heteroatoms. The molecule has 1 aromatic heterocycles. The van der Waals surface area contributed by atoms with E-state index in [9.17, 15) is 0 Å². The van der Waals surface area contributed by atoms with Gasteiger partial charge in [0.2, 0.25) is 0 Å². The van der Waals surface area contributed by atoms with Gasteiger partial charge in [0.1, 0.15) is 0 Å². The van der Waals surface area contributed by atoms with Crippen LogP contribution >= 0.6 is 11.8 Å². The van der Waals surface area contributed by atoms with E-state index in [1.807, 2.05) is 11.8 Å². The van der Waals surface area contributed by atoms with E-state index in [0.717, 1.165) is 54.1 Å². The Kier molecular flexibility index (Phi) is 10.0. The van der Waals surface area contributed by atoms with Crippen LogP contribution in [0.2, 0.25) is 0 Å². The van der Waals surface area contributed by atoms with Gasteiger partial charge in [-0.2, -0.15) is 0 Å². The van der Waals surface area contributed by atoms with Gasteiger partial charge in [-0.1, -0.05) is 109 Å². The summed E-state index contributed by atoms with van der Waals surface area (Å²) in [6.07, 6.45) is 15.8. The second-order valence-corrected chi connectivity index (χ2v) is 17.9. The third kappa shape index (κ3) is 7.15. The molecule has 1 aliphatic heterocycles. The van der Waals surface area contributed by atoms with Gasteiger partial charge in [-0.05, 0) is 176 Å². The molecule has 9 aromatic rings. The number of hydrogen-bond acceptors (Lipinski definition) is 4. The number of aryl methyl sites for hydroxylation is 1. The molecule has 0 spiro atoms. The molecular weight excluding hydrogens is 809 g/mol. The summed E-state index contributed by atoms with van der Waals surface area (Å²) in [6.45, 7) is 0. The predicted molar refractivity (Wildman–Crippen MR) is 275 cm³/mol. The number of aromatic nitrogens is 1. The van der Waals surface area contributed by atoms with Crippen molar-refractivity contribution in [3.63, 3.8) is 0 Å². The van der Waals surface area contributed by atoms with Crippen molar-refractivity contribution in [2.75, 3.05) is 14.7 Å². The van der Waals surface area contributed by atoms with E-state index in [1.54, 1.807) is 0 Å². The number of benzene rings is 8. The van der Waals surface area contributed by atoms with E-state index in [1.165, 1.54) is 71.5 Å². The summed E-state index contributed by atoms with van der Waals surface area (Å²) in [5.74, 6) is 0. The van der Waals surface area contributed by atoms with Crippen LogP contribution in [0.3, 0.4) is 0 Å². The van der Waals surface area contributed by atoms with Crippen molar-refractivity contribution >= 4 is 74.2 Å².